The lowest BCUT2D eigenvalue weighted by molar-refractivity contribution is -0.137. The summed E-state index contributed by atoms with van der Waals surface area (Å²) in [6.45, 7) is 2.66. The summed E-state index contributed by atoms with van der Waals surface area (Å²) in [5.41, 5.74) is 1.75. The molecule has 3 rings (SSSR count). The van der Waals surface area contributed by atoms with Gasteiger partial charge in [0.25, 0.3) is 0 Å². The summed E-state index contributed by atoms with van der Waals surface area (Å²) >= 11 is 0. The van der Waals surface area contributed by atoms with Gasteiger partial charge < -0.3 is 14.4 Å². The van der Waals surface area contributed by atoms with Crippen molar-refractivity contribution in [3.05, 3.63) is 35.9 Å². The van der Waals surface area contributed by atoms with Gasteiger partial charge in [0.15, 0.2) is 9.84 Å². The minimum Gasteiger partial charge on any atom is -0.497 e. The fourth-order valence-electron chi connectivity index (χ4n) is 3.19. The van der Waals surface area contributed by atoms with Crippen LogP contribution in [0.25, 0.3) is 5.57 Å². The molecule has 0 saturated carbocycles. The van der Waals surface area contributed by atoms with E-state index >= 15 is 0 Å². The van der Waals surface area contributed by atoms with E-state index in [4.69, 9.17) is 9.47 Å². The molecule has 1 amide bonds. The summed E-state index contributed by atoms with van der Waals surface area (Å²) in [5.74, 6) is 0.574. The highest BCUT2D eigenvalue weighted by Gasteiger charge is 2.45. The monoisotopic (exact) mass is 351 g/mol. The van der Waals surface area contributed by atoms with E-state index in [0.29, 0.717) is 13.2 Å². The zero-order valence-electron chi connectivity index (χ0n) is 13.8. The highest BCUT2D eigenvalue weighted by Crippen LogP contribution is 2.26. The summed E-state index contributed by atoms with van der Waals surface area (Å²) < 4.78 is 34.3. The molecule has 0 bridgehead atoms. The molecule has 2 aliphatic rings. The number of ether oxygens (including phenoxy) is 2. The van der Waals surface area contributed by atoms with Gasteiger partial charge in [-0.05, 0) is 30.2 Å². The molecule has 0 aliphatic carbocycles. The number of allylic oxidation sites excluding steroid dienone is 1. The Kier molecular flexibility index (Phi) is 4.64. The lowest BCUT2D eigenvalue weighted by Crippen LogP contribution is -2.52. The predicted molar refractivity (Wildman–Crippen MR) is 90.5 cm³/mol. The molecule has 6 nitrogen and oxygen atoms in total. The van der Waals surface area contributed by atoms with Crippen LogP contribution in [0.1, 0.15) is 12.5 Å². The number of carbonyl (C=O) groups excluding carboxylic acids is 1. The van der Waals surface area contributed by atoms with E-state index < -0.39 is 15.9 Å². The maximum absolute atomic E-state index is 12.6. The van der Waals surface area contributed by atoms with Gasteiger partial charge in [0, 0.05) is 12.6 Å². The minimum atomic E-state index is -3.14. The molecule has 2 fully saturated rings. The second-order valence-corrected chi connectivity index (χ2v) is 8.29. The molecule has 2 unspecified atom stereocenters. The van der Waals surface area contributed by atoms with Crippen molar-refractivity contribution in [1.29, 1.82) is 0 Å². The van der Waals surface area contributed by atoms with Gasteiger partial charge in [0.05, 0.1) is 37.4 Å². The Labute approximate surface area is 142 Å². The third-order valence-corrected chi connectivity index (χ3v) is 6.19. The summed E-state index contributed by atoms with van der Waals surface area (Å²) in [5, 5.41) is 0. The smallest absolute Gasteiger partial charge is 0.247 e. The molecule has 24 heavy (non-hydrogen) atoms. The molecule has 0 spiro atoms. The van der Waals surface area contributed by atoms with Crippen LogP contribution in [0, 0.1) is 0 Å². The Morgan fingerprint density at radius 3 is 2.67 bits per heavy atom. The third-order valence-electron chi connectivity index (χ3n) is 4.50. The van der Waals surface area contributed by atoms with Crippen LogP contribution >= 0.6 is 0 Å². The molecule has 2 aliphatic heterocycles. The molecule has 1 aromatic carbocycles. The maximum Gasteiger partial charge on any atom is 0.247 e. The van der Waals surface area contributed by atoms with Crippen molar-refractivity contribution in [3.8, 4) is 5.75 Å². The van der Waals surface area contributed by atoms with Gasteiger partial charge in [-0.15, -0.1) is 0 Å². The SMILES string of the molecule is COc1ccc(/C(C)=C/C(=O)N2CCOC3CS(=O)(=O)CC32)cc1. The Balaban J connectivity index is 1.77. The van der Waals surface area contributed by atoms with Crippen LogP contribution in [0.2, 0.25) is 0 Å². The van der Waals surface area contributed by atoms with E-state index in [0.717, 1.165) is 16.9 Å². The Morgan fingerprint density at radius 2 is 2.00 bits per heavy atom. The van der Waals surface area contributed by atoms with E-state index in [-0.39, 0.29) is 23.5 Å². The fraction of sp³-hybridized carbons (Fsp3) is 0.471. The van der Waals surface area contributed by atoms with Gasteiger partial charge in [-0.1, -0.05) is 12.1 Å². The number of amides is 1. The topological polar surface area (TPSA) is 72.9 Å². The molecule has 2 saturated heterocycles. The number of rotatable bonds is 3. The molecule has 0 radical (unpaired) electrons. The Bertz CT molecular complexity index is 754. The van der Waals surface area contributed by atoms with Crippen LogP contribution in [-0.4, -0.2) is 63.1 Å². The summed E-state index contributed by atoms with van der Waals surface area (Å²) in [6.07, 6.45) is 1.16. The second kappa shape index (κ2) is 6.57. The number of methoxy groups -OCH3 is 1. The largest absolute Gasteiger partial charge is 0.497 e. The number of carbonyl (C=O) groups is 1. The quantitative estimate of drug-likeness (QED) is 0.763. The van der Waals surface area contributed by atoms with Gasteiger partial charge in [0.2, 0.25) is 5.91 Å². The maximum atomic E-state index is 12.6. The molecule has 7 heteroatoms. The molecular formula is C17H21NO5S. The summed E-state index contributed by atoms with van der Waals surface area (Å²) in [7, 11) is -1.53. The van der Waals surface area contributed by atoms with E-state index in [9.17, 15) is 13.2 Å². The minimum absolute atomic E-state index is 0.00260. The summed E-state index contributed by atoms with van der Waals surface area (Å²) in [6, 6.07) is 7.08. The first-order valence-electron chi connectivity index (χ1n) is 7.85. The van der Waals surface area contributed by atoms with Gasteiger partial charge >= 0.3 is 0 Å². The van der Waals surface area contributed by atoms with Crippen molar-refractivity contribution in [1.82, 2.24) is 4.90 Å². The molecular weight excluding hydrogens is 330 g/mol. The highest BCUT2D eigenvalue weighted by molar-refractivity contribution is 7.91. The standard InChI is InChI=1S/C17H21NO5S/c1-12(13-3-5-14(22-2)6-4-13)9-17(19)18-7-8-23-16-11-24(20,21)10-15(16)18/h3-6,9,15-16H,7-8,10-11H2,1-2H3/b12-9+. The van der Waals surface area contributed by atoms with Crippen LogP contribution in [0.15, 0.2) is 30.3 Å². The highest BCUT2D eigenvalue weighted by atomic mass is 32.2. The molecule has 130 valence electrons. The average Bonchev–Trinajstić information content (AvgIpc) is 2.88. The number of benzene rings is 1. The first-order valence-corrected chi connectivity index (χ1v) is 9.67. The average molecular weight is 351 g/mol. The number of nitrogens with zero attached hydrogens (tertiary/aromatic N) is 1. The van der Waals surface area contributed by atoms with E-state index in [1.54, 1.807) is 18.1 Å². The van der Waals surface area contributed by atoms with Crippen molar-refractivity contribution < 1.29 is 22.7 Å². The lowest BCUT2D eigenvalue weighted by Gasteiger charge is -2.36. The molecule has 0 N–H and O–H groups in total. The van der Waals surface area contributed by atoms with Crippen LogP contribution in [0.5, 0.6) is 5.75 Å². The Hall–Kier alpha value is -1.86. The van der Waals surface area contributed by atoms with Crippen molar-refractivity contribution in [3.63, 3.8) is 0 Å². The fourth-order valence-corrected chi connectivity index (χ4v) is 5.06. The summed E-state index contributed by atoms with van der Waals surface area (Å²) in [4.78, 5) is 14.3. The van der Waals surface area contributed by atoms with Crippen molar-refractivity contribution >= 4 is 21.3 Å². The number of hydrogen-bond donors (Lipinski definition) is 0. The number of morpholine rings is 1. The van der Waals surface area contributed by atoms with Gasteiger partial charge in [-0.2, -0.15) is 0 Å². The molecule has 2 atom stereocenters. The number of fused-ring (bicyclic) bond motifs is 1. The van der Waals surface area contributed by atoms with Crippen molar-refractivity contribution in [2.45, 2.75) is 19.1 Å². The molecule has 0 aromatic heterocycles. The number of sulfone groups is 1. The first-order chi connectivity index (χ1) is 11.4. The van der Waals surface area contributed by atoms with Gasteiger partial charge in [0.1, 0.15) is 5.75 Å². The van der Waals surface area contributed by atoms with Crippen LogP contribution < -0.4 is 4.74 Å². The lowest BCUT2D eigenvalue weighted by atomic mass is 10.1. The molecule has 1 aromatic rings. The normalized spacial score (nSPS) is 26.1. The first kappa shape index (κ1) is 17.0. The third kappa shape index (κ3) is 3.47. The Morgan fingerprint density at radius 1 is 1.29 bits per heavy atom. The molecule has 2 heterocycles. The van der Waals surface area contributed by atoms with Gasteiger partial charge in [-0.3, -0.25) is 4.79 Å². The van der Waals surface area contributed by atoms with E-state index in [1.165, 1.54) is 0 Å². The second-order valence-electron chi connectivity index (χ2n) is 6.14. The van der Waals surface area contributed by atoms with Crippen LogP contribution in [0.3, 0.4) is 0 Å². The van der Waals surface area contributed by atoms with Crippen molar-refractivity contribution in [2.24, 2.45) is 0 Å². The number of hydrogen-bond acceptors (Lipinski definition) is 5. The van der Waals surface area contributed by atoms with E-state index in [1.807, 2.05) is 31.2 Å². The zero-order valence-corrected chi connectivity index (χ0v) is 14.6. The van der Waals surface area contributed by atoms with Crippen molar-refractivity contribution in [2.75, 3.05) is 31.8 Å². The predicted octanol–water partition coefficient (Wildman–Crippen LogP) is 1.12. The van der Waals surface area contributed by atoms with Gasteiger partial charge in [-0.25, -0.2) is 8.42 Å². The van der Waals surface area contributed by atoms with E-state index in [2.05, 4.69) is 0 Å². The van der Waals surface area contributed by atoms with Crippen LogP contribution in [-0.2, 0) is 19.4 Å². The zero-order chi connectivity index (χ0) is 17.3. The van der Waals surface area contributed by atoms with Crippen LogP contribution in [0.4, 0.5) is 0 Å².